The Morgan fingerprint density at radius 2 is 1.07 bits per heavy atom. The summed E-state index contributed by atoms with van der Waals surface area (Å²) in [5.74, 6) is 0. The summed E-state index contributed by atoms with van der Waals surface area (Å²) in [5.41, 5.74) is 2.72. The molecule has 2 aromatic carbocycles. The predicted octanol–water partition coefficient (Wildman–Crippen LogP) is 4.67. The molecule has 0 amide bonds. The SMILES string of the molecule is Cc1cc2cc(C)c(I)cc2cc1I. The van der Waals surface area contributed by atoms with Crippen LogP contribution in [0.1, 0.15) is 11.1 Å². The van der Waals surface area contributed by atoms with Crippen LogP contribution in [0.3, 0.4) is 0 Å². The van der Waals surface area contributed by atoms with Gasteiger partial charge in [-0.2, -0.15) is 0 Å². The molecule has 0 bridgehead atoms. The molecule has 0 aliphatic carbocycles. The summed E-state index contributed by atoms with van der Waals surface area (Å²) in [7, 11) is 0. The summed E-state index contributed by atoms with van der Waals surface area (Å²) >= 11 is 4.78. The lowest BCUT2D eigenvalue weighted by atomic mass is 10.1. The number of benzene rings is 2. The van der Waals surface area contributed by atoms with E-state index in [0.29, 0.717) is 0 Å². The van der Waals surface area contributed by atoms with E-state index in [9.17, 15) is 0 Å². The van der Waals surface area contributed by atoms with Gasteiger partial charge in [-0.05, 0) is 93.1 Å². The van der Waals surface area contributed by atoms with Crippen LogP contribution < -0.4 is 0 Å². The van der Waals surface area contributed by atoms with Gasteiger partial charge in [-0.3, -0.25) is 0 Å². The maximum Gasteiger partial charge on any atom is 0.0165 e. The number of halogens is 2. The monoisotopic (exact) mass is 408 g/mol. The van der Waals surface area contributed by atoms with Gasteiger partial charge in [0.2, 0.25) is 0 Å². The summed E-state index contributed by atoms with van der Waals surface area (Å²) in [5, 5.41) is 2.69. The van der Waals surface area contributed by atoms with Crippen molar-refractivity contribution in [3.8, 4) is 0 Å². The molecule has 0 radical (unpaired) electrons. The van der Waals surface area contributed by atoms with Gasteiger partial charge in [0, 0.05) is 7.14 Å². The second-order valence-corrected chi connectivity index (χ2v) is 5.87. The molecule has 0 spiro atoms. The number of fused-ring (bicyclic) bond motifs is 1. The lowest BCUT2D eigenvalue weighted by molar-refractivity contribution is 1.42. The van der Waals surface area contributed by atoms with Crippen molar-refractivity contribution in [2.75, 3.05) is 0 Å². The van der Waals surface area contributed by atoms with Gasteiger partial charge in [-0.25, -0.2) is 0 Å². The fourth-order valence-corrected chi connectivity index (χ4v) is 2.50. The van der Waals surface area contributed by atoms with Gasteiger partial charge in [0.15, 0.2) is 0 Å². The van der Waals surface area contributed by atoms with Gasteiger partial charge in [0.1, 0.15) is 0 Å². The molecular weight excluding hydrogens is 398 g/mol. The molecule has 0 nitrogen and oxygen atoms in total. The summed E-state index contributed by atoms with van der Waals surface area (Å²) in [4.78, 5) is 0. The summed E-state index contributed by atoms with van der Waals surface area (Å²) < 4.78 is 2.68. The van der Waals surface area contributed by atoms with Crippen molar-refractivity contribution < 1.29 is 0 Å². The molecule has 0 aromatic heterocycles. The van der Waals surface area contributed by atoms with Gasteiger partial charge < -0.3 is 0 Å². The van der Waals surface area contributed by atoms with Crippen molar-refractivity contribution in [3.63, 3.8) is 0 Å². The average molecular weight is 408 g/mol. The average Bonchev–Trinajstić information content (AvgIpc) is 2.11. The first-order valence-corrected chi connectivity index (χ1v) is 6.59. The zero-order valence-electron chi connectivity index (χ0n) is 8.07. The molecule has 0 N–H and O–H groups in total. The third-order valence-corrected chi connectivity index (χ3v) is 4.72. The highest BCUT2D eigenvalue weighted by Gasteiger charge is 2.01. The van der Waals surface area contributed by atoms with Gasteiger partial charge >= 0.3 is 0 Å². The van der Waals surface area contributed by atoms with Crippen LogP contribution in [-0.4, -0.2) is 0 Å². The highest BCUT2D eigenvalue weighted by atomic mass is 127. The highest BCUT2D eigenvalue weighted by molar-refractivity contribution is 14.1. The molecule has 0 unspecified atom stereocenters. The van der Waals surface area contributed by atoms with Crippen molar-refractivity contribution in [1.82, 2.24) is 0 Å². The molecule has 0 saturated carbocycles. The Labute approximate surface area is 111 Å². The number of hydrogen-bond acceptors (Lipinski definition) is 0. The molecule has 2 heteroatoms. The molecule has 72 valence electrons. The Bertz CT molecular complexity index is 412. The van der Waals surface area contributed by atoms with Crippen LogP contribution in [0.2, 0.25) is 0 Å². The molecule has 0 saturated heterocycles. The minimum absolute atomic E-state index is 1.34. The molecule has 14 heavy (non-hydrogen) atoms. The van der Waals surface area contributed by atoms with E-state index in [-0.39, 0.29) is 0 Å². The van der Waals surface area contributed by atoms with E-state index in [1.54, 1.807) is 0 Å². The summed E-state index contributed by atoms with van der Waals surface area (Å²) in [6, 6.07) is 9.04. The fourth-order valence-electron chi connectivity index (χ4n) is 1.52. The normalized spacial score (nSPS) is 10.9. The third kappa shape index (κ3) is 1.91. The predicted molar refractivity (Wildman–Crippen MR) is 78.9 cm³/mol. The Balaban J connectivity index is 2.83. The Morgan fingerprint density at radius 1 is 0.714 bits per heavy atom. The minimum Gasteiger partial charge on any atom is -0.0504 e. The van der Waals surface area contributed by atoms with Crippen molar-refractivity contribution in [2.45, 2.75) is 13.8 Å². The largest absolute Gasteiger partial charge is 0.0504 e. The molecule has 0 fully saturated rings. The second-order valence-electron chi connectivity index (χ2n) is 3.55. The first kappa shape index (κ1) is 10.7. The molecule has 0 aliphatic heterocycles. The topological polar surface area (TPSA) is 0 Å². The van der Waals surface area contributed by atoms with Crippen molar-refractivity contribution in [1.29, 1.82) is 0 Å². The maximum atomic E-state index is 2.39. The molecule has 0 aliphatic rings. The second kappa shape index (κ2) is 3.96. The van der Waals surface area contributed by atoms with E-state index >= 15 is 0 Å². The Hall–Kier alpha value is 0.160. The van der Waals surface area contributed by atoms with Crippen LogP contribution in [-0.2, 0) is 0 Å². The Morgan fingerprint density at radius 3 is 1.50 bits per heavy atom. The van der Waals surface area contributed by atoms with Crippen LogP contribution >= 0.6 is 45.2 Å². The molecule has 2 rings (SSSR count). The summed E-state index contributed by atoms with van der Waals surface area (Å²) in [6.07, 6.45) is 0. The zero-order valence-corrected chi connectivity index (χ0v) is 12.4. The highest BCUT2D eigenvalue weighted by Crippen LogP contribution is 2.25. The van der Waals surface area contributed by atoms with E-state index in [1.165, 1.54) is 29.0 Å². The molecule has 2 aromatic rings. The van der Waals surface area contributed by atoms with Gasteiger partial charge in [-0.1, -0.05) is 12.1 Å². The standard InChI is InChI=1S/C12H10I2/c1-7-3-9-4-8(2)12(14)6-10(9)5-11(7)13/h3-6H,1-2H3. The van der Waals surface area contributed by atoms with Gasteiger partial charge in [0.25, 0.3) is 0 Å². The lowest BCUT2D eigenvalue weighted by Gasteiger charge is -2.05. The van der Waals surface area contributed by atoms with Gasteiger partial charge in [-0.15, -0.1) is 0 Å². The number of aryl methyl sites for hydroxylation is 2. The minimum atomic E-state index is 1.34. The van der Waals surface area contributed by atoms with Crippen molar-refractivity contribution in [3.05, 3.63) is 42.5 Å². The first-order chi connectivity index (χ1) is 6.58. The van der Waals surface area contributed by atoms with Crippen molar-refractivity contribution >= 4 is 56.0 Å². The van der Waals surface area contributed by atoms with Crippen molar-refractivity contribution in [2.24, 2.45) is 0 Å². The lowest BCUT2D eigenvalue weighted by Crippen LogP contribution is -1.85. The van der Waals surface area contributed by atoms with Crippen LogP contribution in [0, 0.1) is 21.0 Å². The Kier molecular flexibility index (Phi) is 3.02. The number of rotatable bonds is 0. The molecule has 0 heterocycles. The van der Waals surface area contributed by atoms with Gasteiger partial charge in [0.05, 0.1) is 0 Å². The van der Waals surface area contributed by atoms with E-state index in [2.05, 4.69) is 83.3 Å². The van der Waals surface area contributed by atoms with Crippen LogP contribution in [0.4, 0.5) is 0 Å². The van der Waals surface area contributed by atoms with E-state index in [0.717, 1.165) is 0 Å². The quantitative estimate of drug-likeness (QED) is 0.557. The van der Waals surface area contributed by atoms with Crippen LogP contribution in [0.25, 0.3) is 10.8 Å². The van der Waals surface area contributed by atoms with E-state index in [4.69, 9.17) is 0 Å². The maximum absolute atomic E-state index is 2.39. The molecule has 0 atom stereocenters. The van der Waals surface area contributed by atoms with E-state index in [1.807, 2.05) is 0 Å². The molecular formula is C12H10I2. The van der Waals surface area contributed by atoms with Crippen LogP contribution in [0.15, 0.2) is 24.3 Å². The summed E-state index contributed by atoms with van der Waals surface area (Å²) in [6.45, 7) is 4.32. The number of hydrogen-bond donors (Lipinski definition) is 0. The van der Waals surface area contributed by atoms with Crippen LogP contribution in [0.5, 0.6) is 0 Å². The first-order valence-electron chi connectivity index (χ1n) is 4.44. The smallest absolute Gasteiger partial charge is 0.0165 e. The zero-order chi connectivity index (χ0) is 10.3. The fraction of sp³-hybridized carbons (Fsp3) is 0.167. The third-order valence-electron chi connectivity index (χ3n) is 2.40. The van der Waals surface area contributed by atoms with E-state index < -0.39 is 0 Å².